The van der Waals surface area contributed by atoms with Crippen molar-refractivity contribution in [3.63, 3.8) is 0 Å². The molecular weight excluding hydrogens is 406 g/mol. The van der Waals surface area contributed by atoms with E-state index in [4.69, 9.17) is 9.47 Å². The number of carbonyl (C=O) groups is 1. The van der Waals surface area contributed by atoms with Crippen molar-refractivity contribution in [1.29, 1.82) is 0 Å². The second-order valence-corrected chi connectivity index (χ2v) is 7.03. The summed E-state index contributed by atoms with van der Waals surface area (Å²) in [6.07, 6.45) is 0. The first kappa shape index (κ1) is 22.9. The molecule has 0 aliphatic rings. The summed E-state index contributed by atoms with van der Waals surface area (Å²) >= 11 is 0. The van der Waals surface area contributed by atoms with Crippen LogP contribution in [-0.2, 0) is 0 Å². The van der Waals surface area contributed by atoms with Crippen LogP contribution >= 0.6 is 0 Å². The molecule has 32 heavy (non-hydrogen) atoms. The van der Waals surface area contributed by atoms with Crippen LogP contribution in [0, 0.1) is 6.92 Å². The zero-order valence-electron chi connectivity index (χ0n) is 19.1. The van der Waals surface area contributed by atoms with E-state index < -0.39 is 0 Å². The summed E-state index contributed by atoms with van der Waals surface area (Å²) in [4.78, 5) is 23.9. The van der Waals surface area contributed by atoms with Crippen LogP contribution in [0.1, 0.15) is 30.0 Å². The molecule has 0 aliphatic heterocycles. The summed E-state index contributed by atoms with van der Waals surface area (Å²) in [5.41, 5.74) is 1.91. The molecule has 0 radical (unpaired) electrons. The number of hydrogen-bond acceptors (Lipinski definition) is 7. The largest absolute Gasteiger partial charge is 0.493 e. The third kappa shape index (κ3) is 5.26. The molecule has 168 valence electrons. The summed E-state index contributed by atoms with van der Waals surface area (Å²) in [6.45, 7) is 7.83. The van der Waals surface area contributed by atoms with Crippen LogP contribution in [0.3, 0.4) is 0 Å². The normalized spacial score (nSPS) is 10.4. The first-order valence-electron chi connectivity index (χ1n) is 10.5. The maximum Gasteiger partial charge on any atom is 0.259 e. The Bertz CT molecular complexity index is 1070. The summed E-state index contributed by atoms with van der Waals surface area (Å²) < 4.78 is 10.6. The van der Waals surface area contributed by atoms with Crippen molar-refractivity contribution in [2.75, 3.05) is 42.8 Å². The van der Waals surface area contributed by atoms with Crippen molar-refractivity contribution < 1.29 is 14.3 Å². The standard InChI is InChI=1S/C24H29N5O3/c1-6-29(7-2)22-15-21(25-16(3)26-22)27-17-11-13-18(14-12-17)28-24(30)19-9-8-10-20(31-4)23(19)32-5/h8-15H,6-7H2,1-5H3,(H,28,30)(H,25,26,27). The first-order valence-corrected chi connectivity index (χ1v) is 10.5. The highest BCUT2D eigenvalue weighted by molar-refractivity contribution is 6.06. The number of ether oxygens (including phenoxy) is 2. The Morgan fingerprint density at radius 2 is 1.66 bits per heavy atom. The van der Waals surface area contributed by atoms with E-state index in [1.165, 1.54) is 14.2 Å². The lowest BCUT2D eigenvalue weighted by molar-refractivity contribution is 0.102. The molecule has 3 aromatic rings. The number of aromatic nitrogens is 2. The minimum atomic E-state index is -0.281. The lowest BCUT2D eigenvalue weighted by Crippen LogP contribution is -2.23. The predicted octanol–water partition coefficient (Wildman–Crippen LogP) is 4.64. The average molecular weight is 436 g/mol. The molecule has 0 spiro atoms. The maximum absolute atomic E-state index is 12.7. The SMILES string of the molecule is CCN(CC)c1cc(Nc2ccc(NC(=O)c3cccc(OC)c3OC)cc2)nc(C)n1. The Balaban J connectivity index is 1.73. The van der Waals surface area contributed by atoms with Crippen molar-refractivity contribution in [1.82, 2.24) is 9.97 Å². The quantitative estimate of drug-likeness (QED) is 0.506. The van der Waals surface area contributed by atoms with E-state index in [1.807, 2.05) is 37.3 Å². The van der Waals surface area contributed by atoms with Gasteiger partial charge in [-0.25, -0.2) is 9.97 Å². The van der Waals surface area contributed by atoms with Crippen molar-refractivity contribution in [3.05, 3.63) is 59.9 Å². The Morgan fingerprint density at radius 1 is 0.969 bits per heavy atom. The minimum absolute atomic E-state index is 0.281. The third-order valence-corrected chi connectivity index (χ3v) is 4.97. The molecule has 1 heterocycles. The number of methoxy groups -OCH3 is 2. The van der Waals surface area contributed by atoms with Crippen LogP contribution in [-0.4, -0.2) is 43.2 Å². The van der Waals surface area contributed by atoms with Gasteiger partial charge in [0.25, 0.3) is 5.91 Å². The predicted molar refractivity (Wildman–Crippen MR) is 128 cm³/mol. The van der Waals surface area contributed by atoms with Gasteiger partial charge in [-0.05, 0) is 57.2 Å². The molecule has 0 fully saturated rings. The molecule has 0 saturated carbocycles. The number of hydrogen-bond donors (Lipinski definition) is 2. The lowest BCUT2D eigenvalue weighted by Gasteiger charge is -2.20. The van der Waals surface area contributed by atoms with E-state index in [2.05, 4.69) is 39.3 Å². The van der Waals surface area contributed by atoms with E-state index in [0.717, 1.165) is 30.4 Å². The molecule has 1 aromatic heterocycles. The summed E-state index contributed by atoms with van der Waals surface area (Å²) in [7, 11) is 3.05. The van der Waals surface area contributed by atoms with Gasteiger partial charge in [0.15, 0.2) is 11.5 Å². The van der Waals surface area contributed by atoms with Crippen molar-refractivity contribution in [3.8, 4) is 11.5 Å². The molecule has 2 N–H and O–H groups in total. The molecule has 0 atom stereocenters. The number of benzene rings is 2. The highest BCUT2D eigenvalue weighted by atomic mass is 16.5. The van der Waals surface area contributed by atoms with Crippen molar-refractivity contribution in [2.45, 2.75) is 20.8 Å². The second-order valence-electron chi connectivity index (χ2n) is 7.03. The van der Waals surface area contributed by atoms with Gasteiger partial charge in [-0.2, -0.15) is 0 Å². The van der Waals surface area contributed by atoms with Crippen LogP contribution in [0.5, 0.6) is 11.5 Å². The number of anilines is 4. The molecule has 2 aromatic carbocycles. The maximum atomic E-state index is 12.7. The Morgan fingerprint density at radius 3 is 2.28 bits per heavy atom. The van der Waals surface area contributed by atoms with Gasteiger partial charge in [-0.3, -0.25) is 4.79 Å². The Labute approximate surface area is 188 Å². The fourth-order valence-electron chi connectivity index (χ4n) is 3.37. The summed E-state index contributed by atoms with van der Waals surface area (Å²) in [6, 6.07) is 14.5. The Kier molecular flexibility index (Phi) is 7.49. The van der Waals surface area contributed by atoms with E-state index in [9.17, 15) is 4.79 Å². The van der Waals surface area contributed by atoms with Crippen molar-refractivity contribution >= 4 is 28.9 Å². The zero-order valence-corrected chi connectivity index (χ0v) is 19.1. The van der Waals surface area contributed by atoms with E-state index in [-0.39, 0.29) is 5.91 Å². The third-order valence-electron chi connectivity index (χ3n) is 4.97. The van der Waals surface area contributed by atoms with Crippen LogP contribution in [0.25, 0.3) is 0 Å². The van der Waals surface area contributed by atoms with Gasteiger partial charge in [-0.1, -0.05) is 6.07 Å². The van der Waals surface area contributed by atoms with Gasteiger partial charge in [0.1, 0.15) is 17.5 Å². The van der Waals surface area contributed by atoms with Gasteiger partial charge in [0.05, 0.1) is 19.8 Å². The molecule has 3 rings (SSSR count). The second kappa shape index (κ2) is 10.5. The fourth-order valence-corrected chi connectivity index (χ4v) is 3.37. The highest BCUT2D eigenvalue weighted by Gasteiger charge is 2.16. The number of para-hydroxylation sites is 1. The number of carbonyl (C=O) groups excluding carboxylic acids is 1. The van der Waals surface area contributed by atoms with Gasteiger partial charge < -0.3 is 25.0 Å². The summed E-state index contributed by atoms with van der Waals surface area (Å²) in [5, 5.41) is 6.20. The van der Waals surface area contributed by atoms with Crippen LogP contribution < -0.4 is 25.0 Å². The van der Waals surface area contributed by atoms with Gasteiger partial charge in [-0.15, -0.1) is 0 Å². The molecule has 0 unspecified atom stereocenters. The first-order chi connectivity index (χ1) is 15.5. The molecule has 8 nitrogen and oxygen atoms in total. The molecule has 0 saturated heterocycles. The molecule has 1 amide bonds. The van der Waals surface area contributed by atoms with Gasteiger partial charge >= 0.3 is 0 Å². The van der Waals surface area contributed by atoms with Gasteiger partial charge in [0.2, 0.25) is 0 Å². The molecular formula is C24H29N5O3. The van der Waals surface area contributed by atoms with E-state index in [1.54, 1.807) is 18.2 Å². The smallest absolute Gasteiger partial charge is 0.259 e. The zero-order chi connectivity index (χ0) is 23.1. The summed E-state index contributed by atoms with van der Waals surface area (Å²) in [5.74, 6) is 2.93. The van der Waals surface area contributed by atoms with E-state index >= 15 is 0 Å². The van der Waals surface area contributed by atoms with Crippen LogP contribution in [0.15, 0.2) is 48.5 Å². The number of aryl methyl sites for hydroxylation is 1. The Hall–Kier alpha value is -3.81. The monoisotopic (exact) mass is 435 g/mol. The van der Waals surface area contributed by atoms with Gasteiger partial charge in [0, 0.05) is 30.5 Å². The average Bonchev–Trinajstić information content (AvgIpc) is 2.80. The number of rotatable bonds is 9. The van der Waals surface area contributed by atoms with Crippen LogP contribution in [0.2, 0.25) is 0 Å². The number of amides is 1. The molecule has 0 aliphatic carbocycles. The fraction of sp³-hybridized carbons (Fsp3) is 0.292. The molecule has 8 heteroatoms. The van der Waals surface area contributed by atoms with Crippen molar-refractivity contribution in [2.24, 2.45) is 0 Å². The van der Waals surface area contributed by atoms with Crippen LogP contribution in [0.4, 0.5) is 23.0 Å². The topological polar surface area (TPSA) is 88.6 Å². The van der Waals surface area contributed by atoms with E-state index in [0.29, 0.717) is 28.6 Å². The highest BCUT2D eigenvalue weighted by Crippen LogP contribution is 2.31. The lowest BCUT2D eigenvalue weighted by atomic mass is 10.1. The minimum Gasteiger partial charge on any atom is -0.493 e. The number of nitrogens with zero attached hydrogens (tertiary/aromatic N) is 3. The molecule has 0 bridgehead atoms. The number of nitrogens with one attached hydrogen (secondary N) is 2.